The van der Waals surface area contributed by atoms with Gasteiger partial charge in [-0.3, -0.25) is 4.79 Å². The van der Waals surface area contributed by atoms with E-state index in [1.807, 2.05) is 0 Å². The first-order chi connectivity index (χ1) is 15.2. The number of aliphatic hydroxyl groups excluding tert-OH is 2. The van der Waals surface area contributed by atoms with E-state index in [4.69, 9.17) is 0 Å². The van der Waals surface area contributed by atoms with E-state index in [9.17, 15) is 15.0 Å². The lowest BCUT2D eigenvalue weighted by atomic mass is 9.35. The summed E-state index contributed by atoms with van der Waals surface area (Å²) in [5.41, 5.74) is 1.41. The molecule has 5 aliphatic rings. The maximum absolute atomic E-state index is 13.5. The third-order valence-corrected chi connectivity index (χ3v) is 12.8. The molecule has 186 valence electrons. The topological polar surface area (TPSA) is 57.5 Å². The minimum absolute atomic E-state index is 0.0388. The molecule has 0 amide bonds. The molecule has 33 heavy (non-hydrogen) atoms. The second kappa shape index (κ2) is 6.96. The molecule has 2 N–H and O–H groups in total. The molecule has 0 heterocycles. The van der Waals surface area contributed by atoms with Gasteiger partial charge in [-0.25, -0.2) is 0 Å². The van der Waals surface area contributed by atoms with Gasteiger partial charge in [0.05, 0.1) is 12.7 Å². The minimum atomic E-state index is -0.399. The summed E-state index contributed by atoms with van der Waals surface area (Å²) in [6.07, 6.45) is 11.4. The number of hydrogen-bond acceptors (Lipinski definition) is 3. The van der Waals surface area contributed by atoms with E-state index in [2.05, 4.69) is 54.5 Å². The molecule has 9 atom stereocenters. The van der Waals surface area contributed by atoms with Crippen molar-refractivity contribution in [2.24, 2.45) is 50.2 Å². The Bertz CT molecular complexity index is 889. The summed E-state index contributed by atoms with van der Waals surface area (Å²) >= 11 is 0. The summed E-state index contributed by atoms with van der Waals surface area (Å²) in [5.74, 6) is 1.99. The molecular weight excluding hydrogens is 408 g/mol. The molecule has 9 unspecified atom stereocenters. The molecule has 5 rings (SSSR count). The van der Waals surface area contributed by atoms with Crippen LogP contribution < -0.4 is 0 Å². The van der Waals surface area contributed by atoms with Gasteiger partial charge in [0, 0.05) is 22.7 Å². The average Bonchev–Trinajstić information content (AvgIpc) is 2.72. The minimum Gasteiger partial charge on any atom is -0.396 e. The van der Waals surface area contributed by atoms with Crippen LogP contribution in [0.5, 0.6) is 0 Å². The van der Waals surface area contributed by atoms with E-state index in [0.717, 1.165) is 51.4 Å². The highest BCUT2D eigenvalue weighted by Gasteiger charge is 2.68. The SMILES string of the molecule is CC1(C)CC(=O)C2(C)CCC3C(=CCC4C3(C)CCC3C(C)(CO)C(O)CCC34C)C2(C)C1. The van der Waals surface area contributed by atoms with E-state index >= 15 is 0 Å². The van der Waals surface area contributed by atoms with Crippen LogP contribution in [-0.4, -0.2) is 28.7 Å². The van der Waals surface area contributed by atoms with Crippen LogP contribution in [0.25, 0.3) is 0 Å². The summed E-state index contributed by atoms with van der Waals surface area (Å²) < 4.78 is 0. The Balaban J connectivity index is 1.58. The Hall–Kier alpha value is -0.670. The van der Waals surface area contributed by atoms with Gasteiger partial charge >= 0.3 is 0 Å². The molecule has 5 aliphatic carbocycles. The predicted molar refractivity (Wildman–Crippen MR) is 133 cm³/mol. The van der Waals surface area contributed by atoms with Crippen LogP contribution in [0.1, 0.15) is 106 Å². The van der Waals surface area contributed by atoms with Crippen LogP contribution in [0.2, 0.25) is 0 Å². The van der Waals surface area contributed by atoms with E-state index in [1.54, 1.807) is 5.57 Å². The molecule has 0 aliphatic heterocycles. The lowest BCUT2D eigenvalue weighted by Gasteiger charge is -2.69. The molecule has 4 saturated carbocycles. The standard InChI is InChI=1S/C30H48O3/c1-25(2)16-24(33)29(6)15-10-19-20(30(29,7)17-25)8-9-21-26(19,3)13-11-22-27(21,4)14-12-23(32)28(22,5)18-31/h8,19,21-23,31-32H,9-18H2,1-7H3. The van der Waals surface area contributed by atoms with Crippen LogP contribution in [0, 0.1) is 50.2 Å². The van der Waals surface area contributed by atoms with Crippen molar-refractivity contribution in [2.75, 3.05) is 6.61 Å². The van der Waals surface area contributed by atoms with Crippen LogP contribution >= 0.6 is 0 Å². The van der Waals surface area contributed by atoms with E-state index in [1.165, 1.54) is 6.42 Å². The number of Topliss-reactive ketones (excluding diaryl/α,β-unsaturated/α-hetero) is 1. The van der Waals surface area contributed by atoms with Crippen molar-refractivity contribution in [3.8, 4) is 0 Å². The lowest BCUT2D eigenvalue weighted by Crippen LogP contribution is -2.64. The smallest absolute Gasteiger partial charge is 0.140 e. The van der Waals surface area contributed by atoms with Gasteiger partial charge in [-0.15, -0.1) is 0 Å². The molecule has 3 heteroatoms. The highest BCUT2D eigenvalue weighted by atomic mass is 16.3. The fourth-order valence-electron chi connectivity index (χ4n) is 10.8. The Kier molecular flexibility index (Phi) is 5.07. The van der Waals surface area contributed by atoms with Gasteiger partial charge in [0.2, 0.25) is 0 Å². The van der Waals surface area contributed by atoms with Crippen LogP contribution in [0.4, 0.5) is 0 Å². The number of carbonyl (C=O) groups is 1. The predicted octanol–water partition coefficient (Wildman–Crippen LogP) is 6.32. The number of aliphatic hydroxyl groups is 2. The first-order valence-electron chi connectivity index (χ1n) is 13.7. The van der Waals surface area contributed by atoms with Crippen molar-refractivity contribution < 1.29 is 15.0 Å². The maximum Gasteiger partial charge on any atom is 0.140 e. The van der Waals surface area contributed by atoms with Gasteiger partial charge in [0.25, 0.3) is 0 Å². The molecule has 0 spiro atoms. The fraction of sp³-hybridized carbons (Fsp3) is 0.900. The van der Waals surface area contributed by atoms with Crippen LogP contribution in [0.3, 0.4) is 0 Å². The summed E-state index contributed by atoms with van der Waals surface area (Å²) in [6, 6.07) is 0. The molecule has 0 aromatic rings. The van der Waals surface area contributed by atoms with Crippen molar-refractivity contribution in [2.45, 2.75) is 112 Å². The Morgan fingerprint density at radius 1 is 0.879 bits per heavy atom. The van der Waals surface area contributed by atoms with Crippen molar-refractivity contribution in [3.05, 3.63) is 11.6 Å². The second-order valence-corrected chi connectivity index (χ2v) is 15.0. The van der Waals surface area contributed by atoms with Gasteiger partial charge < -0.3 is 10.2 Å². The van der Waals surface area contributed by atoms with Gasteiger partial charge in [0.1, 0.15) is 5.78 Å². The Labute approximate surface area is 201 Å². The largest absolute Gasteiger partial charge is 0.396 e. The fourth-order valence-corrected chi connectivity index (χ4v) is 10.8. The van der Waals surface area contributed by atoms with Crippen LogP contribution in [-0.2, 0) is 4.79 Å². The molecule has 0 aromatic carbocycles. The zero-order valence-electron chi connectivity index (χ0n) is 22.3. The number of ketones is 1. The summed E-state index contributed by atoms with van der Waals surface area (Å²) in [7, 11) is 0. The number of rotatable bonds is 1. The van der Waals surface area contributed by atoms with Crippen molar-refractivity contribution >= 4 is 5.78 Å². The third kappa shape index (κ3) is 2.85. The average molecular weight is 457 g/mol. The monoisotopic (exact) mass is 456 g/mol. The highest BCUT2D eigenvalue weighted by molar-refractivity contribution is 5.88. The quantitative estimate of drug-likeness (QED) is 0.454. The molecule has 4 fully saturated rings. The van der Waals surface area contributed by atoms with Gasteiger partial charge in [-0.05, 0) is 85.4 Å². The normalized spacial score (nSPS) is 55.5. The molecule has 0 bridgehead atoms. The first kappa shape index (κ1) is 24.0. The van der Waals surface area contributed by atoms with Crippen molar-refractivity contribution in [1.82, 2.24) is 0 Å². The number of allylic oxidation sites excluding steroid dienone is 2. The van der Waals surface area contributed by atoms with Gasteiger partial charge in [0.15, 0.2) is 0 Å². The van der Waals surface area contributed by atoms with E-state index in [0.29, 0.717) is 23.5 Å². The summed E-state index contributed by atoms with van der Waals surface area (Å²) in [6.45, 7) is 16.6. The second-order valence-electron chi connectivity index (χ2n) is 15.0. The number of hydrogen-bond donors (Lipinski definition) is 2. The first-order valence-corrected chi connectivity index (χ1v) is 13.7. The Morgan fingerprint density at radius 3 is 2.21 bits per heavy atom. The lowest BCUT2D eigenvalue weighted by molar-refractivity contribution is -0.203. The molecule has 0 radical (unpaired) electrons. The molecule has 3 nitrogen and oxygen atoms in total. The zero-order valence-corrected chi connectivity index (χ0v) is 22.3. The third-order valence-electron chi connectivity index (χ3n) is 12.8. The van der Waals surface area contributed by atoms with Gasteiger partial charge in [-0.2, -0.15) is 0 Å². The van der Waals surface area contributed by atoms with Crippen molar-refractivity contribution in [1.29, 1.82) is 0 Å². The van der Waals surface area contributed by atoms with E-state index < -0.39 is 11.5 Å². The summed E-state index contributed by atoms with van der Waals surface area (Å²) in [4.78, 5) is 13.5. The van der Waals surface area contributed by atoms with E-state index in [-0.39, 0.29) is 33.7 Å². The number of fused-ring (bicyclic) bond motifs is 7. The molecule has 0 saturated heterocycles. The number of carbonyl (C=O) groups excluding carboxylic acids is 1. The Morgan fingerprint density at radius 2 is 1.55 bits per heavy atom. The van der Waals surface area contributed by atoms with Gasteiger partial charge in [-0.1, -0.05) is 60.1 Å². The highest BCUT2D eigenvalue weighted by Crippen LogP contribution is 2.74. The van der Waals surface area contributed by atoms with Crippen molar-refractivity contribution in [3.63, 3.8) is 0 Å². The molecular formula is C30H48O3. The summed E-state index contributed by atoms with van der Waals surface area (Å²) in [5, 5.41) is 21.3. The maximum atomic E-state index is 13.5. The zero-order chi connectivity index (χ0) is 24.2. The molecule has 0 aromatic heterocycles. The van der Waals surface area contributed by atoms with Crippen LogP contribution in [0.15, 0.2) is 11.6 Å².